The average molecular weight is 475 g/mol. The van der Waals surface area contributed by atoms with Gasteiger partial charge in [-0.15, -0.1) is 0 Å². The lowest BCUT2D eigenvalue weighted by Gasteiger charge is -2.62. The highest BCUT2D eigenvalue weighted by Crippen LogP contribution is 2.63. The van der Waals surface area contributed by atoms with Gasteiger partial charge in [0.05, 0.1) is 26.4 Å². The minimum Gasteiger partial charge on any atom is -0.455 e. The van der Waals surface area contributed by atoms with E-state index in [0.29, 0.717) is 32.0 Å². The predicted octanol–water partition coefficient (Wildman–Crippen LogP) is 3.84. The number of allylic oxidation sites excluding steroid dienone is 5. The Hall–Kier alpha value is -1.77. The van der Waals surface area contributed by atoms with Crippen LogP contribution in [0.5, 0.6) is 0 Å². The molecule has 2 heterocycles. The number of esters is 1. The van der Waals surface area contributed by atoms with Crippen molar-refractivity contribution in [3.8, 4) is 0 Å². The van der Waals surface area contributed by atoms with Crippen molar-refractivity contribution in [2.24, 2.45) is 16.7 Å². The van der Waals surface area contributed by atoms with Gasteiger partial charge in [-0.1, -0.05) is 57.6 Å². The fraction of sp³-hybridized carbons (Fsp3) is 0.667. The Labute approximate surface area is 202 Å². The van der Waals surface area contributed by atoms with Crippen molar-refractivity contribution in [3.05, 3.63) is 48.1 Å². The Morgan fingerprint density at radius 2 is 1.65 bits per heavy atom. The summed E-state index contributed by atoms with van der Waals surface area (Å²) in [7, 11) is 0. The minimum atomic E-state index is -1.48. The molecule has 3 fully saturated rings. The minimum absolute atomic E-state index is 0.160. The molecule has 2 aliphatic heterocycles. The van der Waals surface area contributed by atoms with Gasteiger partial charge in [0.25, 0.3) is 0 Å². The second-order valence-corrected chi connectivity index (χ2v) is 10.4. The van der Waals surface area contributed by atoms with Crippen LogP contribution in [0.3, 0.4) is 0 Å². The van der Waals surface area contributed by atoms with Gasteiger partial charge >= 0.3 is 5.97 Å². The molecule has 0 bridgehead atoms. The second-order valence-electron chi connectivity index (χ2n) is 10.4. The Morgan fingerprint density at radius 1 is 1.00 bits per heavy atom. The van der Waals surface area contributed by atoms with Crippen molar-refractivity contribution < 1.29 is 33.6 Å². The Morgan fingerprint density at radius 3 is 2.32 bits per heavy atom. The molecule has 1 saturated carbocycles. The molecule has 4 rings (SSSR count). The van der Waals surface area contributed by atoms with Crippen molar-refractivity contribution in [3.63, 3.8) is 0 Å². The first-order valence-electron chi connectivity index (χ1n) is 12.3. The number of rotatable bonds is 6. The van der Waals surface area contributed by atoms with E-state index in [1.54, 1.807) is 12.2 Å². The van der Waals surface area contributed by atoms with Crippen molar-refractivity contribution in [1.29, 1.82) is 0 Å². The molecule has 2 aliphatic carbocycles. The maximum Gasteiger partial charge on any atom is 0.331 e. The van der Waals surface area contributed by atoms with Crippen LogP contribution in [-0.4, -0.2) is 61.8 Å². The molecule has 4 atom stereocenters. The summed E-state index contributed by atoms with van der Waals surface area (Å²) in [5.74, 6) is -0.589. The molecule has 34 heavy (non-hydrogen) atoms. The van der Waals surface area contributed by atoms with E-state index in [2.05, 4.69) is 20.8 Å². The number of fused-ring (bicyclic) bond motifs is 1. The zero-order valence-corrected chi connectivity index (χ0v) is 20.7. The molecule has 0 radical (unpaired) electrons. The summed E-state index contributed by atoms with van der Waals surface area (Å²) in [6.07, 6.45) is 12.9. The van der Waals surface area contributed by atoms with Gasteiger partial charge in [-0.25, -0.2) is 4.79 Å². The fourth-order valence-electron chi connectivity index (χ4n) is 6.50. The van der Waals surface area contributed by atoms with E-state index in [4.69, 9.17) is 23.7 Å². The second kappa shape index (κ2) is 10.1. The van der Waals surface area contributed by atoms with E-state index in [1.165, 1.54) is 6.08 Å². The highest BCUT2D eigenvalue weighted by molar-refractivity contribution is 5.82. The number of aliphatic hydroxyl groups is 1. The molecular weight excluding hydrogens is 436 g/mol. The standard InChI is InChI=1S/C27H38O7/c1-5-6-7-8-9-11-21(28)34-20-18-19(23-30-14-15-31-23)27(29,24-32-16-17-33-24)26(4)13-10-12-25(2,3)22(20)26/h5-9,11,18,20,22-24,29H,10,12-17H2,1-4H3/b6-5+,8-7+,11-9+/t20-,22+,26+,27-/m1/s1. The van der Waals surface area contributed by atoms with Gasteiger partial charge in [-0.3, -0.25) is 0 Å². The molecule has 0 spiro atoms. The van der Waals surface area contributed by atoms with E-state index in [-0.39, 0.29) is 11.3 Å². The average Bonchev–Trinajstić information content (AvgIpc) is 3.50. The lowest BCUT2D eigenvalue weighted by molar-refractivity contribution is -0.268. The summed E-state index contributed by atoms with van der Waals surface area (Å²) in [5.41, 5.74) is -1.83. The number of carbonyl (C=O) groups is 1. The third kappa shape index (κ3) is 4.44. The van der Waals surface area contributed by atoms with Crippen LogP contribution in [0.1, 0.15) is 47.0 Å². The predicted molar refractivity (Wildman–Crippen MR) is 127 cm³/mol. The molecule has 7 nitrogen and oxygen atoms in total. The smallest absolute Gasteiger partial charge is 0.331 e. The van der Waals surface area contributed by atoms with Gasteiger partial charge in [-0.2, -0.15) is 0 Å². The lowest BCUT2D eigenvalue weighted by atomic mass is 9.46. The third-order valence-corrected chi connectivity index (χ3v) is 7.88. The molecule has 0 aromatic carbocycles. The molecule has 0 aromatic heterocycles. The zero-order chi connectivity index (χ0) is 24.4. The third-order valence-electron chi connectivity index (χ3n) is 7.88. The van der Waals surface area contributed by atoms with Crippen molar-refractivity contribution in [2.45, 2.75) is 71.2 Å². The maximum absolute atomic E-state index is 12.8. The highest BCUT2D eigenvalue weighted by atomic mass is 16.7. The van der Waals surface area contributed by atoms with Crippen molar-refractivity contribution in [1.82, 2.24) is 0 Å². The Kier molecular flexibility index (Phi) is 7.50. The Balaban J connectivity index is 1.75. The molecule has 2 saturated heterocycles. The van der Waals surface area contributed by atoms with Crippen LogP contribution in [-0.2, 0) is 28.5 Å². The van der Waals surface area contributed by atoms with Gasteiger partial charge in [-0.05, 0) is 31.3 Å². The molecule has 0 aromatic rings. The summed E-state index contributed by atoms with van der Waals surface area (Å²) in [4.78, 5) is 12.8. The van der Waals surface area contributed by atoms with Gasteiger partial charge in [0.15, 0.2) is 12.6 Å². The monoisotopic (exact) mass is 474 g/mol. The molecule has 7 heteroatoms. The van der Waals surface area contributed by atoms with Gasteiger partial charge in [0, 0.05) is 23.0 Å². The number of ether oxygens (including phenoxy) is 5. The van der Waals surface area contributed by atoms with E-state index >= 15 is 0 Å². The summed E-state index contributed by atoms with van der Waals surface area (Å²) in [6, 6.07) is 0. The fourth-order valence-corrected chi connectivity index (χ4v) is 6.50. The Bertz CT molecular complexity index is 860. The van der Waals surface area contributed by atoms with Crippen molar-refractivity contribution in [2.75, 3.05) is 26.4 Å². The largest absolute Gasteiger partial charge is 0.455 e. The summed E-state index contributed by atoms with van der Waals surface area (Å²) >= 11 is 0. The molecular formula is C27H38O7. The van der Waals surface area contributed by atoms with Gasteiger partial charge < -0.3 is 28.8 Å². The number of carbonyl (C=O) groups excluding carboxylic acids is 1. The highest BCUT2D eigenvalue weighted by Gasteiger charge is 2.68. The summed E-state index contributed by atoms with van der Waals surface area (Å²) in [6.45, 7) is 10.1. The van der Waals surface area contributed by atoms with Gasteiger partial charge in [0.2, 0.25) is 0 Å². The first kappa shape index (κ1) is 25.3. The summed E-state index contributed by atoms with van der Waals surface area (Å²) in [5, 5.41) is 12.5. The SMILES string of the molecule is C/C=C/C=C/C=C/C(=O)O[C@@H]1C=C(C2OCCO2)[C@@](O)(C2OCCO2)[C@@]2(C)CCCC(C)(C)[C@H]12. The number of hydrogen-bond acceptors (Lipinski definition) is 7. The van der Waals surface area contributed by atoms with E-state index in [9.17, 15) is 9.90 Å². The number of hydrogen-bond donors (Lipinski definition) is 1. The summed E-state index contributed by atoms with van der Waals surface area (Å²) < 4.78 is 29.6. The van der Waals surface area contributed by atoms with E-state index < -0.39 is 35.7 Å². The molecule has 1 N–H and O–H groups in total. The normalized spacial score (nSPS) is 37.0. The van der Waals surface area contributed by atoms with Crippen LogP contribution in [0.2, 0.25) is 0 Å². The zero-order valence-electron chi connectivity index (χ0n) is 20.7. The first-order valence-corrected chi connectivity index (χ1v) is 12.3. The van der Waals surface area contributed by atoms with Crippen LogP contribution in [0.25, 0.3) is 0 Å². The quantitative estimate of drug-likeness (QED) is 0.271. The molecule has 188 valence electrons. The van der Waals surface area contributed by atoms with Crippen LogP contribution < -0.4 is 0 Å². The van der Waals surface area contributed by atoms with E-state index in [0.717, 1.165) is 19.3 Å². The van der Waals surface area contributed by atoms with Crippen LogP contribution >= 0.6 is 0 Å². The molecule has 0 unspecified atom stereocenters. The molecule has 0 amide bonds. The first-order chi connectivity index (χ1) is 16.2. The van der Waals surface area contributed by atoms with Crippen LogP contribution in [0.4, 0.5) is 0 Å². The van der Waals surface area contributed by atoms with Crippen LogP contribution in [0.15, 0.2) is 48.1 Å². The topological polar surface area (TPSA) is 83.5 Å². The van der Waals surface area contributed by atoms with Gasteiger partial charge in [0.1, 0.15) is 11.7 Å². The lowest BCUT2D eigenvalue weighted by Crippen LogP contribution is -2.69. The maximum atomic E-state index is 12.8. The molecule has 4 aliphatic rings. The van der Waals surface area contributed by atoms with E-state index in [1.807, 2.05) is 31.2 Å². The van der Waals surface area contributed by atoms with Crippen molar-refractivity contribution >= 4 is 5.97 Å². The van der Waals surface area contributed by atoms with Crippen LogP contribution in [0, 0.1) is 16.7 Å².